The molecule has 24 heavy (non-hydrogen) atoms. The summed E-state index contributed by atoms with van der Waals surface area (Å²) < 4.78 is 30.9. The van der Waals surface area contributed by atoms with Crippen molar-refractivity contribution < 1.29 is 18.3 Å². The SMILES string of the molecule is CCCC[C@@H]1O[C@@]1([C@H](O)CCc1ccccc1)S(=O)(=O)C(C)(C)C. The molecular weight excluding hydrogens is 324 g/mol. The fourth-order valence-electron chi connectivity index (χ4n) is 3.17. The molecule has 1 aliphatic rings. The lowest BCUT2D eigenvalue weighted by atomic mass is 10.0. The molecule has 1 aromatic rings. The highest BCUT2D eigenvalue weighted by molar-refractivity contribution is 7.94. The minimum absolute atomic E-state index is 0.377. The van der Waals surface area contributed by atoms with E-state index in [1.807, 2.05) is 30.3 Å². The Morgan fingerprint density at radius 1 is 1.25 bits per heavy atom. The van der Waals surface area contributed by atoms with Gasteiger partial charge in [-0.3, -0.25) is 0 Å². The highest BCUT2D eigenvalue weighted by Gasteiger charge is 2.71. The fourth-order valence-corrected chi connectivity index (χ4v) is 5.31. The summed E-state index contributed by atoms with van der Waals surface area (Å²) in [6.07, 6.45) is 2.16. The average Bonchev–Trinajstić information content (AvgIpc) is 3.26. The standard InChI is InChI=1S/C19H30O4S/c1-5-6-12-17-19(23-17,24(21,22)18(2,3)4)16(20)14-13-15-10-8-7-9-11-15/h7-11,16-17,20H,5-6,12-14H2,1-4H3/t16-,17+,19+/m1/s1. The quantitative estimate of drug-likeness (QED) is 0.726. The number of aryl methyl sites for hydroxylation is 1. The third kappa shape index (κ3) is 3.53. The monoisotopic (exact) mass is 354 g/mol. The van der Waals surface area contributed by atoms with Gasteiger partial charge in [0.15, 0.2) is 9.84 Å². The molecule has 1 aromatic carbocycles. The average molecular weight is 355 g/mol. The normalized spacial score (nSPS) is 25.5. The summed E-state index contributed by atoms with van der Waals surface area (Å²) in [6, 6.07) is 9.80. The van der Waals surface area contributed by atoms with Crippen molar-refractivity contribution in [2.24, 2.45) is 0 Å². The van der Waals surface area contributed by atoms with Crippen LogP contribution in [0.15, 0.2) is 30.3 Å². The second kappa shape index (κ2) is 7.14. The second-order valence-corrected chi connectivity index (χ2v) is 10.5. The second-order valence-electron chi connectivity index (χ2n) is 7.63. The van der Waals surface area contributed by atoms with Gasteiger partial charge in [0.25, 0.3) is 0 Å². The summed E-state index contributed by atoms with van der Waals surface area (Å²) in [4.78, 5) is -1.44. The number of rotatable bonds is 8. The Morgan fingerprint density at radius 2 is 1.88 bits per heavy atom. The number of benzene rings is 1. The van der Waals surface area contributed by atoms with Gasteiger partial charge in [0, 0.05) is 0 Å². The van der Waals surface area contributed by atoms with E-state index < -0.39 is 31.7 Å². The molecule has 1 saturated heterocycles. The Bertz CT molecular complexity index is 633. The summed E-state index contributed by atoms with van der Waals surface area (Å²) in [6.45, 7) is 7.08. The van der Waals surface area contributed by atoms with Crippen LogP contribution in [0.25, 0.3) is 0 Å². The van der Waals surface area contributed by atoms with Gasteiger partial charge < -0.3 is 9.84 Å². The number of hydrogen-bond acceptors (Lipinski definition) is 4. The third-order valence-corrected chi connectivity index (χ3v) is 7.86. The predicted molar refractivity (Wildman–Crippen MR) is 96.6 cm³/mol. The molecule has 0 bridgehead atoms. The highest BCUT2D eigenvalue weighted by Crippen LogP contribution is 2.52. The molecule has 136 valence electrons. The molecule has 0 unspecified atom stereocenters. The van der Waals surface area contributed by atoms with Crippen LogP contribution in [-0.4, -0.2) is 35.4 Å². The van der Waals surface area contributed by atoms with Crippen molar-refractivity contribution in [2.75, 3.05) is 0 Å². The lowest BCUT2D eigenvalue weighted by Gasteiger charge is -2.28. The Labute approximate surface area is 146 Å². The minimum Gasteiger partial charge on any atom is -0.389 e. The zero-order valence-electron chi connectivity index (χ0n) is 15.2. The summed E-state index contributed by atoms with van der Waals surface area (Å²) in [5, 5.41) is 10.8. The van der Waals surface area contributed by atoms with Gasteiger partial charge in [0.1, 0.15) is 12.2 Å². The van der Waals surface area contributed by atoms with Crippen molar-refractivity contribution in [3.05, 3.63) is 35.9 Å². The van der Waals surface area contributed by atoms with Crippen molar-refractivity contribution in [3.63, 3.8) is 0 Å². The zero-order valence-corrected chi connectivity index (χ0v) is 16.0. The Morgan fingerprint density at radius 3 is 2.42 bits per heavy atom. The molecule has 0 spiro atoms. The van der Waals surface area contributed by atoms with Crippen molar-refractivity contribution in [2.45, 2.75) is 81.7 Å². The maximum Gasteiger partial charge on any atom is 0.221 e. The summed E-state index contributed by atoms with van der Waals surface area (Å²) in [5.41, 5.74) is 1.09. The lowest BCUT2D eigenvalue weighted by Crippen LogP contribution is -2.48. The number of ether oxygens (including phenoxy) is 1. The predicted octanol–water partition coefficient (Wildman–Crippen LogP) is 3.48. The van der Waals surface area contributed by atoms with E-state index in [0.29, 0.717) is 19.3 Å². The Balaban J connectivity index is 2.18. The van der Waals surface area contributed by atoms with Crippen LogP contribution in [0.1, 0.15) is 58.9 Å². The van der Waals surface area contributed by atoms with Crippen LogP contribution in [0.3, 0.4) is 0 Å². The Hall–Kier alpha value is -0.910. The molecule has 1 aliphatic heterocycles. The molecule has 0 radical (unpaired) electrons. The van der Waals surface area contributed by atoms with E-state index in [9.17, 15) is 13.5 Å². The van der Waals surface area contributed by atoms with Gasteiger partial charge in [0.05, 0.1) is 4.75 Å². The summed E-state index contributed by atoms with van der Waals surface area (Å²) in [5.74, 6) is 0. The van der Waals surface area contributed by atoms with Crippen LogP contribution >= 0.6 is 0 Å². The fraction of sp³-hybridized carbons (Fsp3) is 0.684. The number of hydrogen-bond donors (Lipinski definition) is 1. The molecule has 1 fully saturated rings. The smallest absolute Gasteiger partial charge is 0.221 e. The van der Waals surface area contributed by atoms with Crippen LogP contribution in [-0.2, 0) is 21.0 Å². The van der Waals surface area contributed by atoms with Crippen molar-refractivity contribution in [1.29, 1.82) is 0 Å². The van der Waals surface area contributed by atoms with Crippen LogP contribution in [0, 0.1) is 0 Å². The van der Waals surface area contributed by atoms with Crippen LogP contribution in [0.4, 0.5) is 0 Å². The van der Waals surface area contributed by atoms with Crippen LogP contribution in [0.5, 0.6) is 0 Å². The highest BCUT2D eigenvalue weighted by atomic mass is 32.2. The van der Waals surface area contributed by atoms with Crippen molar-refractivity contribution in [1.82, 2.24) is 0 Å². The largest absolute Gasteiger partial charge is 0.389 e. The van der Waals surface area contributed by atoms with E-state index in [4.69, 9.17) is 4.74 Å². The molecule has 3 atom stereocenters. The lowest BCUT2D eigenvalue weighted by molar-refractivity contribution is 0.106. The molecule has 5 heteroatoms. The zero-order chi connectivity index (χ0) is 18.0. The van der Waals surface area contributed by atoms with Crippen molar-refractivity contribution in [3.8, 4) is 0 Å². The summed E-state index contributed by atoms with van der Waals surface area (Å²) in [7, 11) is -3.62. The first-order valence-corrected chi connectivity index (χ1v) is 10.3. The first-order chi connectivity index (χ1) is 11.2. The van der Waals surface area contributed by atoms with E-state index >= 15 is 0 Å². The van der Waals surface area contributed by atoms with Gasteiger partial charge in [-0.25, -0.2) is 8.42 Å². The number of aliphatic hydroxyl groups excluding tert-OH is 1. The molecule has 4 nitrogen and oxygen atoms in total. The van der Waals surface area contributed by atoms with Gasteiger partial charge in [0.2, 0.25) is 4.93 Å². The molecular formula is C19H30O4S. The molecule has 1 heterocycles. The number of epoxide rings is 1. The first-order valence-electron chi connectivity index (χ1n) is 8.80. The van der Waals surface area contributed by atoms with Gasteiger partial charge in [-0.05, 0) is 45.6 Å². The molecule has 0 amide bonds. The van der Waals surface area contributed by atoms with E-state index in [-0.39, 0.29) is 0 Å². The van der Waals surface area contributed by atoms with Gasteiger partial charge in [-0.1, -0.05) is 50.1 Å². The minimum atomic E-state index is -3.62. The van der Waals surface area contributed by atoms with Crippen molar-refractivity contribution >= 4 is 9.84 Å². The Kier molecular flexibility index (Phi) is 5.78. The maximum atomic E-state index is 13.1. The molecule has 0 saturated carbocycles. The van der Waals surface area contributed by atoms with Crippen LogP contribution in [0.2, 0.25) is 0 Å². The molecule has 0 aliphatic carbocycles. The van der Waals surface area contributed by atoms with E-state index in [1.54, 1.807) is 20.8 Å². The first kappa shape index (κ1) is 19.4. The van der Waals surface area contributed by atoms with Gasteiger partial charge in [-0.2, -0.15) is 0 Å². The number of aliphatic hydroxyl groups is 1. The maximum absolute atomic E-state index is 13.1. The molecule has 2 rings (SSSR count). The van der Waals surface area contributed by atoms with E-state index in [0.717, 1.165) is 18.4 Å². The van der Waals surface area contributed by atoms with Gasteiger partial charge >= 0.3 is 0 Å². The number of sulfone groups is 1. The molecule has 1 N–H and O–H groups in total. The molecule has 0 aromatic heterocycles. The van der Waals surface area contributed by atoms with E-state index in [2.05, 4.69) is 6.92 Å². The van der Waals surface area contributed by atoms with E-state index in [1.165, 1.54) is 0 Å². The third-order valence-electron chi connectivity index (χ3n) is 4.78. The van der Waals surface area contributed by atoms with Gasteiger partial charge in [-0.15, -0.1) is 0 Å². The summed E-state index contributed by atoms with van der Waals surface area (Å²) >= 11 is 0. The van der Waals surface area contributed by atoms with Crippen LogP contribution < -0.4 is 0 Å². The topological polar surface area (TPSA) is 66.9 Å². The number of unbranched alkanes of at least 4 members (excludes halogenated alkanes) is 1.